The van der Waals surface area contributed by atoms with E-state index in [-0.39, 0.29) is 40.2 Å². The molecular formula is C43H63NO5. The van der Waals surface area contributed by atoms with Crippen LogP contribution in [0.5, 0.6) is 0 Å². The van der Waals surface area contributed by atoms with Gasteiger partial charge in [0.1, 0.15) is 12.4 Å². The summed E-state index contributed by atoms with van der Waals surface area (Å²) in [5.74, 6) is 1.42. The van der Waals surface area contributed by atoms with Crippen molar-refractivity contribution < 1.29 is 24.2 Å². The van der Waals surface area contributed by atoms with E-state index in [9.17, 15) is 19.5 Å². The van der Waals surface area contributed by atoms with Crippen molar-refractivity contribution in [3.8, 4) is 0 Å². The Morgan fingerprint density at radius 1 is 0.898 bits per heavy atom. The zero-order valence-electron chi connectivity index (χ0n) is 31.5. The Morgan fingerprint density at radius 3 is 2.29 bits per heavy atom. The second-order valence-corrected chi connectivity index (χ2v) is 19.1. The number of carboxylic acid groups (broad SMARTS) is 1. The molecule has 0 radical (unpaired) electrons. The zero-order chi connectivity index (χ0) is 35.6. The largest absolute Gasteiger partial charge is 0.478 e. The van der Waals surface area contributed by atoms with Crippen molar-refractivity contribution in [1.29, 1.82) is 0 Å². The topological polar surface area (TPSA) is 92.7 Å². The molecule has 6 nitrogen and oxygen atoms in total. The van der Waals surface area contributed by atoms with Crippen LogP contribution >= 0.6 is 0 Å². The fraction of sp³-hybridized carbons (Fsp3) is 0.744. The van der Waals surface area contributed by atoms with Gasteiger partial charge in [0, 0.05) is 28.5 Å². The number of carbonyl (C=O) groups excluding carboxylic acids is 2. The maximum absolute atomic E-state index is 13.0. The SMILES string of the molecule is C=C(NCCc1ccc(C(=O)O)cc1)C12CCCC1C1CCC3C4(C)CCC(OC(=O)CC(C)(C)C=O)C(C)(C)C4CCC3(C)[C@]1(C)CC2. The fourth-order valence-corrected chi connectivity index (χ4v) is 13.2. The molecule has 2 N–H and O–H groups in total. The van der Waals surface area contributed by atoms with Gasteiger partial charge in [-0.3, -0.25) is 4.79 Å². The number of carboxylic acids is 1. The Morgan fingerprint density at radius 2 is 1.61 bits per heavy atom. The maximum Gasteiger partial charge on any atom is 0.335 e. The molecule has 0 amide bonds. The van der Waals surface area contributed by atoms with E-state index in [1.54, 1.807) is 12.1 Å². The number of allylic oxidation sites excluding steroid dienone is 1. The Kier molecular flexibility index (Phi) is 9.26. The molecule has 0 aromatic heterocycles. The maximum atomic E-state index is 13.0. The van der Waals surface area contributed by atoms with E-state index in [1.165, 1.54) is 63.5 Å². The molecule has 6 rings (SSSR count). The average Bonchev–Trinajstić information content (AvgIpc) is 3.48. The lowest BCUT2D eigenvalue weighted by atomic mass is 9.32. The molecule has 0 saturated heterocycles. The predicted molar refractivity (Wildman–Crippen MR) is 194 cm³/mol. The predicted octanol–water partition coefficient (Wildman–Crippen LogP) is 9.41. The first-order chi connectivity index (χ1) is 22.9. The lowest BCUT2D eigenvalue weighted by molar-refractivity contribution is -0.246. The first-order valence-electron chi connectivity index (χ1n) is 19.3. The number of aromatic carboxylic acids is 1. The van der Waals surface area contributed by atoms with Gasteiger partial charge in [0.15, 0.2) is 0 Å². The number of aldehydes is 1. The Bertz CT molecular complexity index is 1460. The molecule has 6 heteroatoms. The van der Waals surface area contributed by atoms with Gasteiger partial charge in [-0.05, 0) is 128 Å². The third-order valence-corrected chi connectivity index (χ3v) is 16.0. The van der Waals surface area contributed by atoms with Crippen molar-refractivity contribution in [2.45, 2.75) is 138 Å². The highest BCUT2D eigenvalue weighted by molar-refractivity contribution is 5.87. The number of hydrogen-bond acceptors (Lipinski definition) is 5. The van der Waals surface area contributed by atoms with Crippen molar-refractivity contribution >= 4 is 18.2 Å². The van der Waals surface area contributed by atoms with Gasteiger partial charge in [-0.1, -0.05) is 73.6 Å². The second kappa shape index (κ2) is 12.5. The highest BCUT2D eigenvalue weighted by Gasteiger charge is 2.70. The van der Waals surface area contributed by atoms with E-state index in [1.807, 2.05) is 26.0 Å². The van der Waals surface area contributed by atoms with Gasteiger partial charge in [0.2, 0.25) is 0 Å². The van der Waals surface area contributed by atoms with Crippen LogP contribution in [-0.4, -0.2) is 36.0 Å². The van der Waals surface area contributed by atoms with Crippen molar-refractivity contribution in [2.75, 3.05) is 6.54 Å². The lowest BCUT2D eigenvalue weighted by Gasteiger charge is -2.72. The van der Waals surface area contributed by atoms with Gasteiger partial charge in [0.25, 0.3) is 0 Å². The zero-order valence-corrected chi connectivity index (χ0v) is 31.5. The number of rotatable bonds is 10. The number of ether oxygens (including phenoxy) is 1. The molecule has 8 unspecified atom stereocenters. The van der Waals surface area contributed by atoms with Gasteiger partial charge in [-0.2, -0.15) is 0 Å². The van der Waals surface area contributed by atoms with Gasteiger partial charge >= 0.3 is 11.9 Å². The van der Waals surface area contributed by atoms with E-state index < -0.39 is 11.4 Å². The van der Waals surface area contributed by atoms with Crippen LogP contribution in [0, 0.1) is 56.2 Å². The molecule has 5 saturated carbocycles. The molecule has 9 atom stereocenters. The highest BCUT2D eigenvalue weighted by atomic mass is 16.5. The molecule has 0 spiro atoms. The van der Waals surface area contributed by atoms with Crippen LogP contribution in [0.2, 0.25) is 0 Å². The molecule has 5 aliphatic rings. The minimum Gasteiger partial charge on any atom is -0.478 e. The number of fused-ring (bicyclic) bond motifs is 7. The van der Waals surface area contributed by atoms with Gasteiger partial charge in [-0.25, -0.2) is 4.79 Å². The standard InChI is InChI=1S/C43H63NO5/c1-28(44-25-19-29-11-13-30(14-12-29)37(47)48)43-20-9-10-32(43)31-15-16-34-40(6)21-18-35(49-36(46)26-38(2,3)27-45)39(4,5)33(40)17-22-42(34,8)41(31,7)23-24-43/h11-14,27,31-35,44H,1,9-10,15-26H2,2-8H3,(H,47,48)/t31?,32?,33?,34?,35?,40?,41-,42?,43?/m1/s1. The van der Waals surface area contributed by atoms with Crippen LogP contribution in [0.4, 0.5) is 0 Å². The summed E-state index contributed by atoms with van der Waals surface area (Å²) in [6, 6.07) is 7.26. The summed E-state index contributed by atoms with van der Waals surface area (Å²) in [6.07, 6.45) is 15.1. The first-order valence-corrected chi connectivity index (χ1v) is 19.3. The number of esters is 1. The third kappa shape index (κ3) is 5.79. The molecule has 49 heavy (non-hydrogen) atoms. The summed E-state index contributed by atoms with van der Waals surface area (Å²) in [5.41, 5.74) is 2.88. The van der Waals surface area contributed by atoms with Crippen LogP contribution in [0.25, 0.3) is 0 Å². The molecule has 5 fully saturated rings. The lowest BCUT2D eigenvalue weighted by Crippen LogP contribution is -2.66. The number of benzene rings is 1. The summed E-state index contributed by atoms with van der Waals surface area (Å²) in [6.45, 7) is 21.8. The van der Waals surface area contributed by atoms with Crippen molar-refractivity contribution in [2.24, 2.45) is 56.2 Å². The molecule has 1 aromatic carbocycles. The summed E-state index contributed by atoms with van der Waals surface area (Å²) in [5, 5.41) is 13.0. The monoisotopic (exact) mass is 673 g/mol. The van der Waals surface area contributed by atoms with E-state index in [0.29, 0.717) is 34.7 Å². The van der Waals surface area contributed by atoms with Crippen LogP contribution in [-0.2, 0) is 20.7 Å². The van der Waals surface area contributed by atoms with E-state index in [2.05, 4.69) is 39.9 Å². The molecule has 0 bridgehead atoms. The average molecular weight is 674 g/mol. The van der Waals surface area contributed by atoms with Crippen molar-refractivity contribution in [3.05, 3.63) is 47.7 Å². The van der Waals surface area contributed by atoms with Crippen LogP contribution in [0.1, 0.15) is 141 Å². The van der Waals surface area contributed by atoms with Crippen molar-refractivity contribution in [1.82, 2.24) is 5.32 Å². The summed E-state index contributed by atoms with van der Waals surface area (Å²) in [4.78, 5) is 35.8. The van der Waals surface area contributed by atoms with E-state index in [0.717, 1.165) is 37.7 Å². The third-order valence-electron chi connectivity index (χ3n) is 16.0. The fourth-order valence-electron chi connectivity index (χ4n) is 13.2. The van der Waals surface area contributed by atoms with E-state index in [4.69, 9.17) is 11.3 Å². The minimum atomic E-state index is -0.884. The minimum absolute atomic E-state index is 0.104. The quantitative estimate of drug-likeness (QED) is 0.190. The van der Waals surface area contributed by atoms with Crippen LogP contribution < -0.4 is 5.32 Å². The summed E-state index contributed by atoms with van der Waals surface area (Å²) < 4.78 is 6.22. The first kappa shape index (κ1) is 36.2. The smallest absolute Gasteiger partial charge is 0.335 e. The van der Waals surface area contributed by atoms with Crippen LogP contribution in [0.15, 0.2) is 36.5 Å². The van der Waals surface area contributed by atoms with Gasteiger partial charge < -0.3 is 20.0 Å². The number of hydrogen-bond donors (Lipinski definition) is 2. The Labute approximate surface area is 295 Å². The number of carbonyl (C=O) groups is 3. The van der Waals surface area contributed by atoms with Gasteiger partial charge in [-0.15, -0.1) is 0 Å². The molecular weight excluding hydrogens is 610 g/mol. The van der Waals surface area contributed by atoms with E-state index >= 15 is 0 Å². The highest BCUT2D eigenvalue weighted by Crippen LogP contribution is 2.77. The molecule has 0 heterocycles. The van der Waals surface area contributed by atoms with Crippen LogP contribution in [0.3, 0.4) is 0 Å². The number of nitrogens with one attached hydrogen (secondary N) is 1. The summed E-state index contributed by atoms with van der Waals surface area (Å²) >= 11 is 0. The van der Waals surface area contributed by atoms with Crippen molar-refractivity contribution in [3.63, 3.8) is 0 Å². The summed E-state index contributed by atoms with van der Waals surface area (Å²) in [7, 11) is 0. The Hall–Kier alpha value is -2.63. The molecule has 1 aromatic rings. The van der Waals surface area contributed by atoms with Gasteiger partial charge in [0.05, 0.1) is 12.0 Å². The Balaban J connectivity index is 1.16. The molecule has 5 aliphatic carbocycles. The normalized spacial score (nSPS) is 39.4. The molecule has 270 valence electrons. The second-order valence-electron chi connectivity index (χ2n) is 19.1. The molecule has 0 aliphatic heterocycles.